The Morgan fingerprint density at radius 2 is 1.77 bits per heavy atom. The van der Waals surface area contributed by atoms with Gasteiger partial charge in [0.1, 0.15) is 5.75 Å². The number of hydrogen-bond donors (Lipinski definition) is 2. The highest BCUT2D eigenvalue weighted by atomic mass is 16.5. The number of aromatic nitrogens is 1. The number of rotatable bonds is 7. The largest absolute Gasteiger partial charge is 0.492 e. The highest BCUT2D eigenvalue weighted by Gasteiger charge is 2.12. The van der Waals surface area contributed by atoms with Gasteiger partial charge < -0.3 is 10.1 Å². The van der Waals surface area contributed by atoms with Crippen LogP contribution in [0.5, 0.6) is 5.75 Å². The second-order valence-electron chi connectivity index (χ2n) is 6.54. The fourth-order valence-corrected chi connectivity index (χ4v) is 2.81. The molecule has 0 atom stereocenters. The summed E-state index contributed by atoms with van der Waals surface area (Å²) in [7, 11) is 0. The number of ether oxygens (including phenoxy) is 1. The van der Waals surface area contributed by atoms with Gasteiger partial charge >= 0.3 is 0 Å². The second-order valence-corrected chi connectivity index (χ2v) is 6.54. The molecule has 0 saturated heterocycles. The van der Waals surface area contributed by atoms with Gasteiger partial charge in [0.2, 0.25) is 5.96 Å². The average Bonchev–Trinajstić information content (AvgIpc) is 2.79. The van der Waals surface area contributed by atoms with E-state index in [-0.39, 0.29) is 5.91 Å². The topological polar surface area (TPSA) is 75.6 Å². The van der Waals surface area contributed by atoms with Gasteiger partial charge in [-0.1, -0.05) is 37.3 Å². The van der Waals surface area contributed by atoms with Gasteiger partial charge in [0, 0.05) is 11.8 Å². The third-order valence-corrected chi connectivity index (χ3v) is 4.42. The predicted molar refractivity (Wildman–Crippen MR) is 120 cm³/mol. The molecule has 0 aliphatic heterocycles. The molecule has 0 aliphatic rings. The minimum absolute atomic E-state index is 0.237. The Kier molecular flexibility index (Phi) is 7.55. The fraction of sp³-hybridized carbons (Fsp3) is 0.208. The maximum atomic E-state index is 12.8. The summed E-state index contributed by atoms with van der Waals surface area (Å²) in [6, 6.07) is 20.7. The first kappa shape index (κ1) is 21.0. The molecule has 0 bridgehead atoms. The van der Waals surface area contributed by atoms with E-state index in [2.05, 4.69) is 27.5 Å². The number of carbonyl (C=O) groups excluding carboxylic acids is 1. The van der Waals surface area contributed by atoms with E-state index in [4.69, 9.17) is 4.74 Å². The molecule has 6 nitrogen and oxygen atoms in total. The van der Waals surface area contributed by atoms with Gasteiger partial charge in [-0.25, -0.2) is 4.99 Å². The van der Waals surface area contributed by atoms with Crippen LogP contribution in [0.3, 0.4) is 0 Å². The summed E-state index contributed by atoms with van der Waals surface area (Å²) >= 11 is 0. The van der Waals surface area contributed by atoms with Crippen molar-refractivity contribution in [2.24, 2.45) is 4.99 Å². The smallest absolute Gasteiger partial charge is 0.257 e. The first-order valence-electron chi connectivity index (χ1n) is 10.0. The van der Waals surface area contributed by atoms with E-state index in [1.807, 2.05) is 73.7 Å². The molecule has 0 saturated carbocycles. The zero-order chi connectivity index (χ0) is 21.2. The third-order valence-electron chi connectivity index (χ3n) is 4.42. The Morgan fingerprint density at radius 3 is 2.47 bits per heavy atom. The van der Waals surface area contributed by atoms with E-state index >= 15 is 0 Å². The van der Waals surface area contributed by atoms with Crippen molar-refractivity contribution in [2.75, 3.05) is 11.9 Å². The molecule has 30 heavy (non-hydrogen) atoms. The van der Waals surface area contributed by atoms with Crippen molar-refractivity contribution in [3.05, 3.63) is 89.7 Å². The van der Waals surface area contributed by atoms with E-state index in [0.29, 0.717) is 30.4 Å². The van der Waals surface area contributed by atoms with Crippen molar-refractivity contribution in [1.29, 1.82) is 0 Å². The van der Waals surface area contributed by atoms with Crippen molar-refractivity contribution in [3.8, 4) is 5.75 Å². The number of nitrogens with zero attached hydrogens (tertiary/aromatic N) is 2. The molecule has 0 unspecified atom stereocenters. The molecule has 154 valence electrons. The van der Waals surface area contributed by atoms with Crippen LogP contribution in [0.1, 0.15) is 35.5 Å². The van der Waals surface area contributed by atoms with Crippen molar-refractivity contribution < 1.29 is 9.53 Å². The molecular formula is C24H26N4O2. The van der Waals surface area contributed by atoms with Crippen LogP contribution < -0.4 is 15.4 Å². The van der Waals surface area contributed by atoms with Crippen molar-refractivity contribution in [2.45, 2.75) is 26.8 Å². The molecule has 2 N–H and O–H groups in total. The van der Waals surface area contributed by atoms with E-state index in [9.17, 15) is 4.79 Å². The number of carbonyl (C=O) groups is 1. The number of hydrogen-bond acceptors (Lipinski definition) is 4. The summed E-state index contributed by atoms with van der Waals surface area (Å²) in [5.74, 6) is 0.781. The van der Waals surface area contributed by atoms with Gasteiger partial charge in [-0.2, -0.15) is 0 Å². The molecule has 1 aromatic heterocycles. The summed E-state index contributed by atoms with van der Waals surface area (Å²) in [6.07, 6.45) is 2.64. The van der Waals surface area contributed by atoms with Crippen LogP contribution in [0, 0.1) is 0 Å². The Balaban J connectivity index is 1.82. The van der Waals surface area contributed by atoms with Gasteiger partial charge in [-0.05, 0) is 55.3 Å². The van der Waals surface area contributed by atoms with E-state index in [1.54, 1.807) is 6.20 Å². The minimum Gasteiger partial charge on any atom is -0.492 e. The Bertz CT molecular complexity index is 986. The number of aryl methyl sites for hydroxylation is 1. The summed E-state index contributed by atoms with van der Waals surface area (Å²) < 4.78 is 5.67. The normalized spacial score (nSPS) is 11.1. The molecule has 0 spiro atoms. The van der Waals surface area contributed by atoms with Crippen LogP contribution in [0.25, 0.3) is 0 Å². The van der Waals surface area contributed by atoms with Crippen LogP contribution >= 0.6 is 0 Å². The molecule has 2 aromatic carbocycles. The molecule has 6 heteroatoms. The van der Waals surface area contributed by atoms with Gasteiger partial charge in [0.25, 0.3) is 5.91 Å². The number of amides is 1. The maximum Gasteiger partial charge on any atom is 0.257 e. The summed E-state index contributed by atoms with van der Waals surface area (Å²) in [4.78, 5) is 21.6. The summed E-state index contributed by atoms with van der Waals surface area (Å²) in [5.41, 5.74) is 3.27. The van der Waals surface area contributed by atoms with Crippen LogP contribution in [-0.2, 0) is 13.0 Å². The van der Waals surface area contributed by atoms with E-state index < -0.39 is 0 Å². The standard InChI is InChI=1S/C24H26N4O2/c1-3-18-12-14-19(15-13-18)23(29)28-24(26-17-20-9-7-8-16-25-20)27-21-10-5-6-11-22(21)30-4-2/h5-16H,3-4,17H2,1-2H3,(H2,26,27,28,29). The zero-order valence-electron chi connectivity index (χ0n) is 17.3. The molecular weight excluding hydrogens is 376 g/mol. The Labute approximate surface area is 177 Å². The van der Waals surface area contributed by atoms with Gasteiger partial charge in [0.05, 0.1) is 24.5 Å². The first-order valence-corrected chi connectivity index (χ1v) is 10.0. The number of anilines is 1. The van der Waals surface area contributed by atoms with E-state index in [1.165, 1.54) is 5.56 Å². The van der Waals surface area contributed by atoms with Gasteiger partial charge in [0.15, 0.2) is 0 Å². The molecule has 0 aliphatic carbocycles. The zero-order valence-corrected chi connectivity index (χ0v) is 17.3. The summed E-state index contributed by atoms with van der Waals surface area (Å²) in [5, 5.41) is 6.07. The number of para-hydroxylation sites is 2. The summed E-state index contributed by atoms with van der Waals surface area (Å²) in [6.45, 7) is 4.87. The van der Waals surface area contributed by atoms with Crippen LogP contribution in [0.4, 0.5) is 5.69 Å². The number of aliphatic imine (C=N–C) groups is 1. The quantitative estimate of drug-likeness (QED) is 0.452. The van der Waals surface area contributed by atoms with Crippen molar-refractivity contribution in [1.82, 2.24) is 10.3 Å². The lowest BCUT2D eigenvalue weighted by atomic mass is 10.1. The molecule has 0 radical (unpaired) electrons. The molecule has 1 heterocycles. The Morgan fingerprint density at radius 1 is 1.00 bits per heavy atom. The van der Waals surface area contributed by atoms with Gasteiger partial charge in [-0.3, -0.25) is 15.1 Å². The minimum atomic E-state index is -0.237. The Hall–Kier alpha value is -3.67. The highest BCUT2D eigenvalue weighted by molar-refractivity contribution is 6.10. The van der Waals surface area contributed by atoms with Crippen LogP contribution in [-0.4, -0.2) is 23.5 Å². The lowest BCUT2D eigenvalue weighted by molar-refractivity contribution is 0.0977. The van der Waals surface area contributed by atoms with Crippen LogP contribution in [0.15, 0.2) is 77.9 Å². The first-order chi connectivity index (χ1) is 14.7. The molecule has 3 rings (SSSR count). The predicted octanol–water partition coefficient (Wildman–Crippen LogP) is 4.44. The second kappa shape index (κ2) is 10.8. The average molecular weight is 402 g/mol. The van der Waals surface area contributed by atoms with Gasteiger partial charge in [-0.15, -0.1) is 0 Å². The molecule has 1 amide bonds. The molecule has 0 fully saturated rings. The number of guanidine groups is 1. The lowest BCUT2D eigenvalue weighted by Crippen LogP contribution is -2.36. The number of pyridine rings is 1. The fourth-order valence-electron chi connectivity index (χ4n) is 2.81. The van der Waals surface area contributed by atoms with E-state index in [0.717, 1.165) is 17.8 Å². The maximum absolute atomic E-state index is 12.8. The SMILES string of the molecule is CCOc1ccccc1NC(=NCc1ccccn1)NC(=O)c1ccc(CC)cc1. The molecule has 3 aromatic rings. The van der Waals surface area contributed by atoms with Crippen molar-refractivity contribution >= 4 is 17.6 Å². The van der Waals surface area contributed by atoms with Crippen molar-refractivity contribution in [3.63, 3.8) is 0 Å². The monoisotopic (exact) mass is 402 g/mol. The van der Waals surface area contributed by atoms with Crippen LogP contribution in [0.2, 0.25) is 0 Å². The number of benzene rings is 2. The lowest BCUT2D eigenvalue weighted by Gasteiger charge is -2.15. The third kappa shape index (κ3) is 5.91. The highest BCUT2D eigenvalue weighted by Crippen LogP contribution is 2.23. The number of nitrogens with one attached hydrogen (secondary N) is 2.